The lowest BCUT2D eigenvalue weighted by Gasteiger charge is -1.95. The Bertz CT molecular complexity index is 473. The minimum absolute atomic E-state index is 0.631. The molecule has 0 amide bonds. The summed E-state index contributed by atoms with van der Waals surface area (Å²) in [5.74, 6) is 0. The van der Waals surface area contributed by atoms with Crippen LogP contribution >= 0.6 is 11.6 Å². The molecule has 2 N–H and O–H groups in total. The lowest BCUT2D eigenvalue weighted by molar-refractivity contribution is 0.751. The van der Waals surface area contributed by atoms with Gasteiger partial charge in [0.1, 0.15) is 5.52 Å². The molecule has 0 bridgehead atoms. The van der Waals surface area contributed by atoms with Gasteiger partial charge < -0.3 is 5.73 Å². The number of hydrogen-bond donors (Lipinski definition) is 1. The van der Waals surface area contributed by atoms with E-state index in [-0.39, 0.29) is 0 Å². The normalized spacial score (nSPS) is 11.0. The molecule has 0 aliphatic rings. The number of fused-ring (bicyclic) bond motifs is 1. The maximum atomic E-state index is 5.89. The van der Waals surface area contributed by atoms with Gasteiger partial charge in [0.15, 0.2) is 0 Å². The van der Waals surface area contributed by atoms with Gasteiger partial charge in [-0.25, -0.2) is 0 Å². The minimum Gasteiger partial charge on any atom is -0.397 e. The molecule has 0 aliphatic heterocycles. The Morgan fingerprint density at radius 3 is 2.85 bits per heavy atom. The van der Waals surface area contributed by atoms with Gasteiger partial charge in [0.05, 0.1) is 5.69 Å². The topological polar surface area (TPSA) is 43.8 Å². The first-order valence-corrected chi connectivity index (χ1v) is 4.35. The molecule has 0 unspecified atom stereocenters. The van der Waals surface area contributed by atoms with Gasteiger partial charge in [-0.15, -0.1) is 0 Å². The van der Waals surface area contributed by atoms with E-state index in [0.717, 1.165) is 16.6 Å². The summed E-state index contributed by atoms with van der Waals surface area (Å²) in [6.45, 7) is 1.99. The monoisotopic (exact) mass is 195 g/mol. The first-order chi connectivity index (χ1) is 6.09. The van der Waals surface area contributed by atoms with Crippen LogP contribution in [0, 0.1) is 6.92 Å². The van der Waals surface area contributed by atoms with Gasteiger partial charge in [-0.1, -0.05) is 11.6 Å². The average molecular weight is 196 g/mol. The molecule has 0 atom stereocenters. The van der Waals surface area contributed by atoms with E-state index in [9.17, 15) is 0 Å². The van der Waals surface area contributed by atoms with E-state index in [0.29, 0.717) is 10.7 Å². The van der Waals surface area contributed by atoms with Crippen molar-refractivity contribution in [2.45, 2.75) is 6.92 Å². The third-order valence-electron chi connectivity index (χ3n) is 2.23. The highest BCUT2D eigenvalue weighted by Gasteiger charge is 2.08. The molecule has 13 heavy (non-hydrogen) atoms. The third-order valence-corrected chi connectivity index (χ3v) is 2.45. The first-order valence-electron chi connectivity index (χ1n) is 3.98. The van der Waals surface area contributed by atoms with Crippen LogP contribution in [0.4, 0.5) is 5.69 Å². The summed E-state index contributed by atoms with van der Waals surface area (Å²) in [6, 6.07) is 3.60. The highest BCUT2D eigenvalue weighted by Crippen LogP contribution is 2.26. The zero-order valence-electron chi connectivity index (χ0n) is 7.50. The van der Waals surface area contributed by atoms with Gasteiger partial charge in [0.25, 0.3) is 0 Å². The van der Waals surface area contributed by atoms with Crippen molar-refractivity contribution in [2.24, 2.45) is 7.05 Å². The van der Waals surface area contributed by atoms with Crippen molar-refractivity contribution < 1.29 is 0 Å². The van der Waals surface area contributed by atoms with Crippen LogP contribution in [0.15, 0.2) is 12.1 Å². The quantitative estimate of drug-likeness (QED) is 0.655. The molecule has 4 heteroatoms. The zero-order valence-corrected chi connectivity index (χ0v) is 8.26. The van der Waals surface area contributed by atoms with Gasteiger partial charge >= 0.3 is 0 Å². The van der Waals surface area contributed by atoms with Gasteiger partial charge in [-0.3, -0.25) is 4.68 Å². The van der Waals surface area contributed by atoms with Crippen molar-refractivity contribution in [1.29, 1.82) is 0 Å². The first kappa shape index (κ1) is 8.38. The predicted molar refractivity (Wildman–Crippen MR) is 54.9 cm³/mol. The van der Waals surface area contributed by atoms with Crippen molar-refractivity contribution in [1.82, 2.24) is 9.78 Å². The third kappa shape index (κ3) is 1.16. The summed E-state index contributed by atoms with van der Waals surface area (Å²) < 4.78 is 1.80. The Morgan fingerprint density at radius 1 is 1.46 bits per heavy atom. The van der Waals surface area contributed by atoms with Crippen LogP contribution in [-0.4, -0.2) is 9.78 Å². The molecule has 68 valence electrons. The Labute approximate surface area is 81.1 Å². The summed E-state index contributed by atoms with van der Waals surface area (Å²) in [5.41, 5.74) is 8.31. The molecule has 0 radical (unpaired) electrons. The Morgan fingerprint density at radius 2 is 2.15 bits per heavy atom. The summed E-state index contributed by atoms with van der Waals surface area (Å²) in [6.07, 6.45) is 0. The standard InChI is InChI=1S/C9H10ClN3/c1-5-7-3-6(10)4-8(11)9(7)12-13(5)2/h3-4H,11H2,1-2H3. The lowest BCUT2D eigenvalue weighted by atomic mass is 10.2. The second-order valence-corrected chi connectivity index (χ2v) is 3.54. The van der Waals surface area contributed by atoms with E-state index >= 15 is 0 Å². The summed E-state index contributed by atoms with van der Waals surface area (Å²) in [7, 11) is 1.89. The van der Waals surface area contributed by atoms with Crippen LogP contribution in [0.5, 0.6) is 0 Å². The lowest BCUT2D eigenvalue weighted by Crippen LogP contribution is -1.92. The molecule has 1 aromatic heterocycles. The molecule has 1 aromatic carbocycles. The van der Waals surface area contributed by atoms with E-state index < -0.39 is 0 Å². The number of aromatic nitrogens is 2. The Kier molecular flexibility index (Phi) is 1.70. The average Bonchev–Trinajstić information content (AvgIpc) is 2.32. The van der Waals surface area contributed by atoms with E-state index in [1.54, 1.807) is 10.7 Å². The van der Waals surface area contributed by atoms with Crippen molar-refractivity contribution in [3.8, 4) is 0 Å². The van der Waals surface area contributed by atoms with Crippen molar-refractivity contribution >= 4 is 28.2 Å². The fourth-order valence-electron chi connectivity index (χ4n) is 1.41. The number of halogens is 1. The van der Waals surface area contributed by atoms with Crippen LogP contribution in [0.25, 0.3) is 10.9 Å². The highest BCUT2D eigenvalue weighted by atomic mass is 35.5. The molecule has 2 rings (SSSR count). The minimum atomic E-state index is 0.631. The van der Waals surface area contributed by atoms with E-state index in [1.807, 2.05) is 20.0 Å². The fourth-order valence-corrected chi connectivity index (χ4v) is 1.63. The van der Waals surface area contributed by atoms with Crippen molar-refractivity contribution in [2.75, 3.05) is 5.73 Å². The van der Waals surface area contributed by atoms with Crippen LogP contribution in [-0.2, 0) is 7.05 Å². The summed E-state index contributed by atoms with van der Waals surface area (Å²) >= 11 is 5.89. The smallest absolute Gasteiger partial charge is 0.116 e. The predicted octanol–water partition coefficient (Wildman–Crippen LogP) is 2.12. The van der Waals surface area contributed by atoms with Gasteiger partial charge in [0.2, 0.25) is 0 Å². The number of nitrogens with zero attached hydrogens (tertiary/aromatic N) is 2. The van der Waals surface area contributed by atoms with E-state index in [4.69, 9.17) is 17.3 Å². The van der Waals surface area contributed by atoms with Crippen LogP contribution in [0.2, 0.25) is 5.02 Å². The summed E-state index contributed by atoms with van der Waals surface area (Å²) in [4.78, 5) is 0. The van der Waals surface area contributed by atoms with Gasteiger partial charge in [0, 0.05) is 23.2 Å². The second-order valence-electron chi connectivity index (χ2n) is 3.10. The number of aryl methyl sites for hydroxylation is 2. The van der Waals surface area contributed by atoms with E-state index in [2.05, 4.69) is 5.10 Å². The molecule has 1 heterocycles. The molecule has 0 fully saturated rings. The number of nitrogens with two attached hydrogens (primary N) is 1. The molecular weight excluding hydrogens is 186 g/mol. The maximum Gasteiger partial charge on any atom is 0.116 e. The van der Waals surface area contributed by atoms with Crippen molar-refractivity contribution in [3.63, 3.8) is 0 Å². The molecular formula is C9H10ClN3. The molecule has 0 aliphatic carbocycles. The Hall–Kier alpha value is -1.22. The number of benzene rings is 1. The maximum absolute atomic E-state index is 5.89. The molecule has 0 spiro atoms. The molecule has 3 nitrogen and oxygen atoms in total. The van der Waals surface area contributed by atoms with Crippen LogP contribution < -0.4 is 5.73 Å². The fraction of sp³-hybridized carbons (Fsp3) is 0.222. The van der Waals surface area contributed by atoms with Crippen molar-refractivity contribution in [3.05, 3.63) is 22.8 Å². The highest BCUT2D eigenvalue weighted by molar-refractivity contribution is 6.31. The largest absolute Gasteiger partial charge is 0.397 e. The van der Waals surface area contributed by atoms with Gasteiger partial charge in [-0.05, 0) is 19.1 Å². The van der Waals surface area contributed by atoms with Crippen LogP contribution in [0.1, 0.15) is 5.69 Å². The number of nitrogen functional groups attached to an aromatic ring is 1. The molecule has 0 saturated carbocycles. The van der Waals surface area contributed by atoms with Gasteiger partial charge in [-0.2, -0.15) is 5.10 Å². The number of rotatable bonds is 0. The van der Waals surface area contributed by atoms with E-state index in [1.165, 1.54) is 0 Å². The number of anilines is 1. The summed E-state index contributed by atoms with van der Waals surface area (Å²) in [5, 5.41) is 5.96. The number of hydrogen-bond acceptors (Lipinski definition) is 2. The van der Waals surface area contributed by atoms with Crippen LogP contribution in [0.3, 0.4) is 0 Å². The SMILES string of the molecule is Cc1c2cc(Cl)cc(N)c2nn1C. The Balaban J connectivity index is 2.94. The molecule has 0 saturated heterocycles. The zero-order chi connectivity index (χ0) is 9.59. The second kappa shape index (κ2) is 2.64. The molecule has 2 aromatic rings.